The maximum absolute atomic E-state index is 5.46. The van der Waals surface area contributed by atoms with Crippen LogP contribution in [-0.2, 0) is 6.42 Å². The molecule has 0 aromatic carbocycles. The molecule has 104 valence electrons. The van der Waals surface area contributed by atoms with E-state index >= 15 is 0 Å². The van der Waals surface area contributed by atoms with Gasteiger partial charge in [0.1, 0.15) is 4.83 Å². The molecule has 0 aliphatic heterocycles. The van der Waals surface area contributed by atoms with Gasteiger partial charge >= 0.3 is 0 Å². The number of fused-ring (bicyclic) bond motifs is 1. The van der Waals surface area contributed by atoms with Crippen LogP contribution in [0.2, 0.25) is 0 Å². The minimum atomic E-state index is 0.403. The molecule has 0 spiro atoms. The fraction of sp³-hybridized carbons (Fsp3) is 0.308. The summed E-state index contributed by atoms with van der Waals surface area (Å²) < 4.78 is 1.88. The van der Waals surface area contributed by atoms with Crippen LogP contribution in [0.15, 0.2) is 11.4 Å². The molecule has 0 aliphatic carbocycles. The molecule has 0 radical (unpaired) electrons. The Balaban J connectivity index is 2.31. The Hall–Kier alpha value is -1.99. The predicted octanol–water partition coefficient (Wildman–Crippen LogP) is 2.34. The first-order valence-corrected chi connectivity index (χ1v) is 7.31. The molecule has 6 nitrogen and oxygen atoms in total. The van der Waals surface area contributed by atoms with E-state index in [9.17, 15) is 0 Å². The highest BCUT2D eigenvalue weighted by Gasteiger charge is 2.16. The molecule has 3 rings (SSSR count). The number of thiophene rings is 1. The molecule has 0 fully saturated rings. The molecule has 3 aromatic rings. The van der Waals surface area contributed by atoms with Gasteiger partial charge in [0.05, 0.1) is 11.1 Å². The van der Waals surface area contributed by atoms with E-state index in [0.717, 1.165) is 33.8 Å². The molecule has 0 aliphatic rings. The van der Waals surface area contributed by atoms with E-state index in [1.165, 1.54) is 5.56 Å². The highest BCUT2D eigenvalue weighted by Crippen LogP contribution is 2.27. The zero-order chi connectivity index (χ0) is 14.3. The molecule has 0 saturated carbocycles. The number of nitrogens with two attached hydrogens (primary N) is 1. The number of aryl methyl sites for hydroxylation is 1. The number of hydrazine groups is 1. The first-order chi connectivity index (χ1) is 9.65. The molecule has 0 amide bonds. The van der Waals surface area contributed by atoms with E-state index in [1.807, 2.05) is 23.1 Å². The smallest absolute Gasteiger partial charge is 0.240 e. The molecule has 3 heterocycles. The molecule has 7 heteroatoms. The van der Waals surface area contributed by atoms with Crippen molar-refractivity contribution < 1.29 is 0 Å². The number of rotatable bonds is 3. The molecule has 3 N–H and O–H groups in total. The number of nitrogen functional groups attached to an aromatic ring is 1. The van der Waals surface area contributed by atoms with Crippen LogP contribution in [0.1, 0.15) is 23.9 Å². The molecule has 20 heavy (non-hydrogen) atoms. The Bertz CT molecular complexity index is 773. The van der Waals surface area contributed by atoms with Crippen LogP contribution in [0.25, 0.3) is 16.0 Å². The normalized spacial score (nSPS) is 11.2. The van der Waals surface area contributed by atoms with E-state index in [-0.39, 0.29) is 0 Å². The zero-order valence-corrected chi connectivity index (χ0v) is 12.5. The summed E-state index contributed by atoms with van der Waals surface area (Å²) in [6, 6.07) is 2.01. The van der Waals surface area contributed by atoms with Gasteiger partial charge in [0.2, 0.25) is 5.95 Å². The number of hydrogen-bond acceptors (Lipinski definition) is 6. The van der Waals surface area contributed by atoms with Crippen LogP contribution in [0.3, 0.4) is 0 Å². The zero-order valence-electron chi connectivity index (χ0n) is 11.6. The van der Waals surface area contributed by atoms with Gasteiger partial charge in [0, 0.05) is 5.69 Å². The Morgan fingerprint density at radius 2 is 2.15 bits per heavy atom. The van der Waals surface area contributed by atoms with Gasteiger partial charge < -0.3 is 0 Å². The average Bonchev–Trinajstić information content (AvgIpc) is 3.02. The number of aromatic nitrogens is 4. The minimum absolute atomic E-state index is 0.403. The van der Waals surface area contributed by atoms with Crippen LogP contribution >= 0.6 is 11.3 Å². The molecule has 0 bridgehead atoms. The van der Waals surface area contributed by atoms with Crippen LogP contribution in [0.4, 0.5) is 5.95 Å². The van der Waals surface area contributed by atoms with E-state index in [1.54, 1.807) is 11.3 Å². The van der Waals surface area contributed by atoms with Crippen molar-refractivity contribution in [1.82, 2.24) is 19.7 Å². The van der Waals surface area contributed by atoms with E-state index in [2.05, 4.69) is 34.3 Å². The monoisotopic (exact) mass is 288 g/mol. The van der Waals surface area contributed by atoms with Gasteiger partial charge in [-0.1, -0.05) is 6.92 Å². The van der Waals surface area contributed by atoms with Crippen LogP contribution in [-0.4, -0.2) is 19.7 Å². The molecule has 0 atom stereocenters. The van der Waals surface area contributed by atoms with Crippen molar-refractivity contribution >= 4 is 27.5 Å². The van der Waals surface area contributed by atoms with Gasteiger partial charge in [0.25, 0.3) is 0 Å². The lowest BCUT2D eigenvalue weighted by atomic mass is 10.1. The maximum atomic E-state index is 5.46. The fourth-order valence-electron chi connectivity index (χ4n) is 2.46. The summed E-state index contributed by atoms with van der Waals surface area (Å²) in [7, 11) is 0. The van der Waals surface area contributed by atoms with Gasteiger partial charge in [-0.2, -0.15) is 10.1 Å². The molecular weight excluding hydrogens is 272 g/mol. The SMILES string of the molecule is CCc1c(C)nn(-c2nc(NN)nc3sccc23)c1C. The van der Waals surface area contributed by atoms with Gasteiger partial charge in [-0.15, -0.1) is 11.3 Å². The number of nitrogens with zero attached hydrogens (tertiary/aromatic N) is 4. The fourth-order valence-corrected chi connectivity index (χ4v) is 3.22. The Labute approximate surface area is 120 Å². The van der Waals surface area contributed by atoms with Crippen molar-refractivity contribution in [3.05, 3.63) is 28.4 Å². The summed E-state index contributed by atoms with van der Waals surface area (Å²) in [6.07, 6.45) is 0.956. The number of nitrogens with one attached hydrogen (secondary N) is 1. The summed E-state index contributed by atoms with van der Waals surface area (Å²) in [5.74, 6) is 6.63. The topological polar surface area (TPSA) is 81.7 Å². The highest BCUT2D eigenvalue weighted by molar-refractivity contribution is 7.16. The van der Waals surface area contributed by atoms with Crippen LogP contribution < -0.4 is 11.3 Å². The van der Waals surface area contributed by atoms with E-state index in [0.29, 0.717) is 5.95 Å². The summed E-state index contributed by atoms with van der Waals surface area (Å²) in [5, 5.41) is 7.60. The standard InChI is InChI=1S/C13H16N6S/c1-4-9-7(2)18-19(8(9)3)11-10-5-6-20-12(10)16-13(15-11)17-14/h5-6H,4,14H2,1-3H3,(H,15,16,17). The van der Waals surface area contributed by atoms with Gasteiger partial charge in [-0.25, -0.2) is 15.5 Å². The molecule has 3 aromatic heterocycles. The first kappa shape index (κ1) is 13.0. The molecule has 0 unspecified atom stereocenters. The predicted molar refractivity (Wildman–Crippen MR) is 81.2 cm³/mol. The highest BCUT2D eigenvalue weighted by atomic mass is 32.1. The number of anilines is 1. The summed E-state index contributed by atoms with van der Waals surface area (Å²) in [6.45, 7) is 6.22. The Morgan fingerprint density at radius 3 is 2.80 bits per heavy atom. The van der Waals surface area contributed by atoms with E-state index < -0.39 is 0 Å². The first-order valence-electron chi connectivity index (χ1n) is 6.43. The molecular formula is C13H16N6S. The summed E-state index contributed by atoms with van der Waals surface area (Å²) in [5.41, 5.74) is 5.92. The minimum Gasteiger partial charge on any atom is -0.292 e. The third-order valence-corrected chi connectivity index (χ3v) is 4.24. The maximum Gasteiger partial charge on any atom is 0.240 e. The lowest BCUT2D eigenvalue weighted by Gasteiger charge is -2.07. The largest absolute Gasteiger partial charge is 0.292 e. The van der Waals surface area contributed by atoms with Crippen LogP contribution in [0, 0.1) is 13.8 Å². The van der Waals surface area contributed by atoms with Crippen molar-refractivity contribution in [2.75, 3.05) is 5.43 Å². The van der Waals surface area contributed by atoms with Crippen molar-refractivity contribution in [2.45, 2.75) is 27.2 Å². The third kappa shape index (κ3) is 1.86. The van der Waals surface area contributed by atoms with Crippen molar-refractivity contribution in [3.8, 4) is 5.82 Å². The van der Waals surface area contributed by atoms with Crippen LogP contribution in [0.5, 0.6) is 0 Å². The van der Waals surface area contributed by atoms with Crippen molar-refractivity contribution in [1.29, 1.82) is 0 Å². The Morgan fingerprint density at radius 1 is 1.35 bits per heavy atom. The molecule has 0 saturated heterocycles. The average molecular weight is 288 g/mol. The van der Waals surface area contributed by atoms with Gasteiger partial charge in [-0.3, -0.25) is 5.43 Å². The van der Waals surface area contributed by atoms with Gasteiger partial charge in [-0.05, 0) is 37.3 Å². The third-order valence-electron chi connectivity index (χ3n) is 3.43. The second-order valence-corrected chi connectivity index (χ2v) is 5.46. The summed E-state index contributed by atoms with van der Waals surface area (Å²) in [4.78, 5) is 9.72. The van der Waals surface area contributed by atoms with Crippen molar-refractivity contribution in [2.24, 2.45) is 5.84 Å². The van der Waals surface area contributed by atoms with Crippen molar-refractivity contribution in [3.63, 3.8) is 0 Å². The number of hydrogen-bond donors (Lipinski definition) is 2. The quantitative estimate of drug-likeness (QED) is 0.571. The Kier molecular flexibility index (Phi) is 3.15. The van der Waals surface area contributed by atoms with Gasteiger partial charge in [0.15, 0.2) is 5.82 Å². The lowest BCUT2D eigenvalue weighted by Crippen LogP contribution is -2.13. The summed E-state index contributed by atoms with van der Waals surface area (Å²) >= 11 is 1.56. The second kappa shape index (κ2) is 4.84. The second-order valence-electron chi connectivity index (χ2n) is 4.57. The van der Waals surface area contributed by atoms with E-state index in [4.69, 9.17) is 5.84 Å². The lowest BCUT2D eigenvalue weighted by molar-refractivity contribution is 0.810.